The van der Waals surface area contributed by atoms with E-state index in [4.69, 9.17) is 11.6 Å². The van der Waals surface area contributed by atoms with Crippen molar-refractivity contribution in [2.75, 3.05) is 49.5 Å². The van der Waals surface area contributed by atoms with E-state index in [-0.39, 0.29) is 17.7 Å². The highest BCUT2D eigenvalue weighted by Crippen LogP contribution is 2.30. The van der Waals surface area contributed by atoms with Crippen molar-refractivity contribution in [2.24, 2.45) is 5.92 Å². The number of hydrogen-bond donors (Lipinski definition) is 1. The molecule has 2 aromatic carbocycles. The molecule has 0 radical (unpaired) electrons. The van der Waals surface area contributed by atoms with Gasteiger partial charge in [-0.1, -0.05) is 36.6 Å². The molecule has 3 aliphatic rings. The highest BCUT2D eigenvalue weighted by atomic mass is 35.5. The molecule has 1 aliphatic carbocycles. The van der Waals surface area contributed by atoms with Crippen molar-refractivity contribution in [3.05, 3.63) is 58.6 Å². The first-order valence-electron chi connectivity index (χ1n) is 14.0. The first-order valence-corrected chi connectivity index (χ1v) is 14.4. The van der Waals surface area contributed by atoms with E-state index in [0.717, 1.165) is 83.2 Å². The van der Waals surface area contributed by atoms with Gasteiger partial charge in [0.15, 0.2) is 0 Å². The summed E-state index contributed by atoms with van der Waals surface area (Å²) < 4.78 is 0. The van der Waals surface area contributed by atoms with Crippen molar-refractivity contribution in [2.45, 2.75) is 51.4 Å². The minimum Gasteiger partial charge on any atom is -0.369 e. The molecule has 2 heterocycles. The van der Waals surface area contributed by atoms with E-state index >= 15 is 0 Å². The van der Waals surface area contributed by atoms with E-state index in [2.05, 4.69) is 10.2 Å². The molecule has 202 valence electrons. The molecule has 38 heavy (non-hydrogen) atoms. The van der Waals surface area contributed by atoms with Crippen molar-refractivity contribution < 1.29 is 14.4 Å². The number of carbonyl (C=O) groups is 3. The number of carbonyl (C=O) groups excluding carboxylic acids is 3. The molecule has 5 rings (SSSR count). The predicted octanol–water partition coefficient (Wildman–Crippen LogP) is 5.45. The van der Waals surface area contributed by atoms with Crippen LogP contribution in [0.4, 0.5) is 11.4 Å². The monoisotopic (exact) mass is 536 g/mol. The Morgan fingerprint density at radius 3 is 2.24 bits per heavy atom. The third kappa shape index (κ3) is 5.98. The van der Waals surface area contributed by atoms with Gasteiger partial charge < -0.3 is 20.0 Å². The summed E-state index contributed by atoms with van der Waals surface area (Å²) in [6.45, 7) is 4.38. The Morgan fingerprint density at radius 1 is 0.737 bits per heavy atom. The largest absolute Gasteiger partial charge is 0.369 e. The minimum absolute atomic E-state index is 0.00308. The predicted molar refractivity (Wildman–Crippen MR) is 151 cm³/mol. The topological polar surface area (TPSA) is 73.0 Å². The lowest BCUT2D eigenvalue weighted by Gasteiger charge is -2.31. The van der Waals surface area contributed by atoms with Crippen LogP contribution < -0.4 is 10.2 Å². The summed E-state index contributed by atoms with van der Waals surface area (Å²) in [6.07, 6.45) is 8.33. The number of benzene rings is 2. The van der Waals surface area contributed by atoms with Crippen LogP contribution in [0.15, 0.2) is 42.5 Å². The average molecular weight is 537 g/mol. The van der Waals surface area contributed by atoms with Crippen LogP contribution in [0.3, 0.4) is 0 Å². The summed E-state index contributed by atoms with van der Waals surface area (Å²) in [6, 6.07) is 12.5. The molecule has 0 atom stereocenters. The van der Waals surface area contributed by atoms with Gasteiger partial charge in [-0.25, -0.2) is 0 Å². The van der Waals surface area contributed by atoms with Crippen LogP contribution in [0.1, 0.15) is 72.1 Å². The molecule has 0 aromatic heterocycles. The van der Waals surface area contributed by atoms with Crippen molar-refractivity contribution in [1.29, 1.82) is 0 Å². The van der Waals surface area contributed by atoms with Gasteiger partial charge in [0.1, 0.15) is 0 Å². The van der Waals surface area contributed by atoms with Gasteiger partial charge >= 0.3 is 0 Å². The molecule has 0 spiro atoms. The summed E-state index contributed by atoms with van der Waals surface area (Å²) in [5, 5.41) is 3.31. The van der Waals surface area contributed by atoms with Crippen LogP contribution in [-0.2, 0) is 4.79 Å². The van der Waals surface area contributed by atoms with Crippen molar-refractivity contribution >= 4 is 40.7 Å². The fourth-order valence-electron chi connectivity index (χ4n) is 5.98. The number of anilines is 2. The molecule has 7 nitrogen and oxygen atoms in total. The summed E-state index contributed by atoms with van der Waals surface area (Å²) in [7, 11) is 0. The van der Waals surface area contributed by atoms with Crippen molar-refractivity contribution in [3.8, 4) is 0 Å². The zero-order valence-corrected chi connectivity index (χ0v) is 22.7. The maximum absolute atomic E-state index is 13.8. The SMILES string of the molecule is O=C(Nc1ccc(N2CCCN(C(=O)C3CCCC3)CC2)c(C(=O)N2CCCCC2)c1)c1ccccc1Cl. The van der Waals surface area contributed by atoms with Crippen LogP contribution in [0.25, 0.3) is 0 Å². The van der Waals surface area contributed by atoms with E-state index in [9.17, 15) is 14.4 Å². The fraction of sp³-hybridized carbons (Fsp3) is 0.500. The second-order valence-electron chi connectivity index (χ2n) is 10.7. The number of nitrogens with one attached hydrogen (secondary N) is 1. The standard InChI is InChI=1S/C30H37ClN4O3/c31-26-12-5-4-11-24(26)28(36)32-23-13-14-27(25(21-23)30(38)34-15-6-1-7-16-34)33-17-8-18-35(20-19-33)29(37)22-9-2-3-10-22/h4-5,11-14,21-22H,1-3,6-10,15-20H2,(H,32,36). The van der Waals surface area contributed by atoms with Gasteiger partial charge in [0.05, 0.1) is 16.1 Å². The van der Waals surface area contributed by atoms with Crippen LogP contribution in [0, 0.1) is 5.92 Å². The molecular weight excluding hydrogens is 500 g/mol. The Labute approximate surface area is 230 Å². The van der Waals surface area contributed by atoms with Crippen LogP contribution in [-0.4, -0.2) is 66.8 Å². The maximum Gasteiger partial charge on any atom is 0.257 e. The molecule has 8 heteroatoms. The number of piperidine rings is 1. The second-order valence-corrected chi connectivity index (χ2v) is 11.1. The summed E-state index contributed by atoms with van der Waals surface area (Å²) in [4.78, 5) is 45.9. The van der Waals surface area contributed by atoms with E-state index in [1.54, 1.807) is 30.3 Å². The molecule has 1 N–H and O–H groups in total. The zero-order chi connectivity index (χ0) is 26.5. The lowest BCUT2D eigenvalue weighted by Crippen LogP contribution is -2.39. The first-order chi connectivity index (χ1) is 18.5. The molecule has 0 bridgehead atoms. The third-order valence-electron chi connectivity index (χ3n) is 8.10. The van der Waals surface area contributed by atoms with E-state index in [1.165, 1.54) is 0 Å². The van der Waals surface area contributed by atoms with E-state index < -0.39 is 0 Å². The van der Waals surface area contributed by atoms with Crippen LogP contribution >= 0.6 is 11.6 Å². The highest BCUT2D eigenvalue weighted by molar-refractivity contribution is 6.34. The van der Waals surface area contributed by atoms with Gasteiger partial charge in [-0.15, -0.1) is 0 Å². The lowest BCUT2D eigenvalue weighted by atomic mass is 10.1. The number of nitrogens with zero attached hydrogens (tertiary/aromatic N) is 3. The Kier molecular flexibility index (Phi) is 8.52. The molecule has 2 aromatic rings. The van der Waals surface area contributed by atoms with Gasteiger partial charge in [0.25, 0.3) is 11.8 Å². The summed E-state index contributed by atoms with van der Waals surface area (Å²) in [5.74, 6) is 0.164. The molecule has 1 saturated carbocycles. The van der Waals surface area contributed by atoms with Crippen molar-refractivity contribution in [1.82, 2.24) is 9.80 Å². The highest BCUT2D eigenvalue weighted by Gasteiger charge is 2.30. The number of rotatable bonds is 5. The smallest absolute Gasteiger partial charge is 0.257 e. The fourth-order valence-corrected chi connectivity index (χ4v) is 6.20. The minimum atomic E-state index is -0.310. The zero-order valence-electron chi connectivity index (χ0n) is 22.0. The molecule has 2 aliphatic heterocycles. The third-order valence-corrected chi connectivity index (χ3v) is 8.43. The van der Waals surface area contributed by atoms with Gasteiger partial charge in [0, 0.05) is 56.6 Å². The summed E-state index contributed by atoms with van der Waals surface area (Å²) in [5.41, 5.74) is 2.42. The average Bonchev–Trinajstić information content (AvgIpc) is 3.38. The molecule has 2 saturated heterocycles. The first kappa shape index (κ1) is 26.5. The van der Waals surface area contributed by atoms with Gasteiger partial charge in [-0.2, -0.15) is 0 Å². The Balaban J connectivity index is 1.38. The second kappa shape index (κ2) is 12.2. The molecule has 0 unspecified atom stereocenters. The number of hydrogen-bond acceptors (Lipinski definition) is 4. The Morgan fingerprint density at radius 2 is 1.47 bits per heavy atom. The van der Waals surface area contributed by atoms with E-state index in [0.29, 0.717) is 40.8 Å². The molecule has 3 fully saturated rings. The van der Waals surface area contributed by atoms with Crippen molar-refractivity contribution in [3.63, 3.8) is 0 Å². The molecule has 3 amide bonds. The van der Waals surface area contributed by atoms with Gasteiger partial charge in [-0.3, -0.25) is 14.4 Å². The van der Waals surface area contributed by atoms with Crippen LogP contribution in [0.2, 0.25) is 5.02 Å². The van der Waals surface area contributed by atoms with E-state index in [1.807, 2.05) is 21.9 Å². The van der Waals surface area contributed by atoms with Gasteiger partial charge in [0.2, 0.25) is 5.91 Å². The normalized spacial score (nSPS) is 18.8. The lowest BCUT2D eigenvalue weighted by molar-refractivity contribution is -0.135. The maximum atomic E-state index is 13.8. The number of halogens is 1. The van der Waals surface area contributed by atoms with Gasteiger partial charge in [-0.05, 0) is 68.9 Å². The number of amides is 3. The quantitative estimate of drug-likeness (QED) is 0.551. The Hall–Kier alpha value is -3.06. The Bertz CT molecular complexity index is 1170. The molecular formula is C30H37ClN4O3. The van der Waals surface area contributed by atoms with Crippen LogP contribution in [0.5, 0.6) is 0 Å². The number of likely N-dealkylation sites (tertiary alicyclic amines) is 1. The summed E-state index contributed by atoms with van der Waals surface area (Å²) >= 11 is 6.23.